The lowest BCUT2D eigenvalue weighted by atomic mass is 10.0. The number of aromatic nitrogens is 1. The number of nitrogens with zero attached hydrogens (tertiary/aromatic N) is 1. The molecule has 0 radical (unpaired) electrons. The van der Waals surface area contributed by atoms with E-state index in [1.54, 1.807) is 0 Å². The summed E-state index contributed by atoms with van der Waals surface area (Å²) in [7, 11) is 0. The summed E-state index contributed by atoms with van der Waals surface area (Å²) in [5.41, 5.74) is 2.87. The van der Waals surface area contributed by atoms with Crippen LogP contribution in [0, 0.1) is 0 Å². The van der Waals surface area contributed by atoms with E-state index in [0.29, 0.717) is 18.7 Å². The van der Waals surface area contributed by atoms with E-state index in [0.717, 1.165) is 11.4 Å². The molecule has 0 saturated carbocycles. The van der Waals surface area contributed by atoms with Gasteiger partial charge in [0.15, 0.2) is 0 Å². The first-order valence-electron chi connectivity index (χ1n) is 8.04. The molecule has 1 aliphatic heterocycles. The quantitative estimate of drug-likeness (QED) is 0.801. The summed E-state index contributed by atoms with van der Waals surface area (Å²) in [6.45, 7) is 1.20. The van der Waals surface area contributed by atoms with Crippen LogP contribution in [0.4, 0.5) is 0 Å². The van der Waals surface area contributed by atoms with Crippen molar-refractivity contribution >= 4 is 5.91 Å². The zero-order chi connectivity index (χ0) is 16.4. The van der Waals surface area contributed by atoms with Crippen molar-refractivity contribution < 1.29 is 9.53 Å². The van der Waals surface area contributed by atoms with Gasteiger partial charge in [-0.15, -0.1) is 0 Å². The molecule has 2 aromatic carbocycles. The van der Waals surface area contributed by atoms with Crippen molar-refractivity contribution in [1.82, 2.24) is 9.88 Å². The summed E-state index contributed by atoms with van der Waals surface area (Å²) < 4.78 is 7.66. The van der Waals surface area contributed by atoms with Gasteiger partial charge >= 0.3 is 0 Å². The third kappa shape index (κ3) is 2.78. The van der Waals surface area contributed by atoms with Crippen molar-refractivity contribution in [2.24, 2.45) is 0 Å². The van der Waals surface area contributed by atoms with Crippen LogP contribution in [0.2, 0.25) is 0 Å². The average Bonchev–Trinajstić information content (AvgIpc) is 3.30. The van der Waals surface area contributed by atoms with Crippen LogP contribution in [0.25, 0.3) is 5.69 Å². The Morgan fingerprint density at radius 1 is 1.04 bits per heavy atom. The number of ether oxygens (including phenoxy) is 1. The highest BCUT2D eigenvalue weighted by molar-refractivity contribution is 5.94. The first-order chi connectivity index (χ1) is 11.8. The Morgan fingerprint density at radius 3 is 2.58 bits per heavy atom. The molecule has 120 valence electrons. The zero-order valence-electron chi connectivity index (χ0n) is 13.2. The predicted molar refractivity (Wildman–Crippen MR) is 92.8 cm³/mol. The molecule has 0 unspecified atom stereocenters. The van der Waals surface area contributed by atoms with Gasteiger partial charge in [-0.2, -0.15) is 0 Å². The van der Waals surface area contributed by atoms with Crippen LogP contribution in [0.3, 0.4) is 0 Å². The molecule has 0 spiro atoms. The Hall–Kier alpha value is -3.01. The van der Waals surface area contributed by atoms with Gasteiger partial charge in [0.1, 0.15) is 5.75 Å². The molecule has 0 aliphatic carbocycles. The van der Waals surface area contributed by atoms with Crippen molar-refractivity contribution in [3.05, 3.63) is 84.2 Å². The van der Waals surface area contributed by atoms with Crippen LogP contribution in [-0.2, 0) is 0 Å². The third-order valence-corrected chi connectivity index (χ3v) is 4.34. The summed E-state index contributed by atoms with van der Waals surface area (Å²) in [5.74, 6) is 1.08. The van der Waals surface area contributed by atoms with E-state index in [9.17, 15) is 4.79 Å². The maximum absolute atomic E-state index is 12.4. The van der Waals surface area contributed by atoms with E-state index >= 15 is 0 Å². The number of rotatable bonds is 4. The monoisotopic (exact) mass is 318 g/mol. The van der Waals surface area contributed by atoms with Crippen LogP contribution in [0.5, 0.6) is 5.75 Å². The van der Waals surface area contributed by atoms with Gasteiger partial charge in [-0.3, -0.25) is 4.79 Å². The summed E-state index contributed by atoms with van der Waals surface area (Å²) in [6.07, 6.45) is 3.96. The molecule has 4 nitrogen and oxygen atoms in total. The number of fused-ring (bicyclic) bond motifs is 1. The standard InChI is InChI=1S/C20H18N2O2/c23-20(15-7-9-17(10-8-15)22-11-3-4-12-22)21-13-16-14-24-19-6-2-1-5-18(16)19/h1-12,16H,13-14H2,(H,21,23)/t16-/m1/s1. The lowest BCUT2D eigenvalue weighted by Gasteiger charge is -2.11. The van der Waals surface area contributed by atoms with Gasteiger partial charge in [0.05, 0.1) is 6.61 Å². The molecule has 1 amide bonds. The molecular weight excluding hydrogens is 300 g/mol. The molecule has 1 aliphatic rings. The maximum Gasteiger partial charge on any atom is 0.251 e. The highest BCUT2D eigenvalue weighted by Crippen LogP contribution is 2.32. The molecular formula is C20H18N2O2. The first-order valence-corrected chi connectivity index (χ1v) is 8.04. The Labute approximate surface area is 140 Å². The van der Waals surface area contributed by atoms with Crippen molar-refractivity contribution in [2.75, 3.05) is 13.2 Å². The minimum absolute atomic E-state index is 0.0570. The van der Waals surface area contributed by atoms with Gasteiger partial charge in [-0.05, 0) is 42.5 Å². The molecule has 2 heterocycles. The molecule has 3 aromatic rings. The molecule has 24 heavy (non-hydrogen) atoms. The normalized spacial score (nSPS) is 15.6. The molecule has 0 bridgehead atoms. The van der Waals surface area contributed by atoms with E-state index in [1.165, 1.54) is 5.56 Å². The van der Waals surface area contributed by atoms with Gasteiger partial charge < -0.3 is 14.6 Å². The second-order valence-corrected chi connectivity index (χ2v) is 5.89. The van der Waals surface area contributed by atoms with Crippen molar-refractivity contribution in [2.45, 2.75) is 5.92 Å². The number of carbonyl (C=O) groups excluding carboxylic acids is 1. The molecule has 1 aromatic heterocycles. The van der Waals surface area contributed by atoms with E-state index < -0.39 is 0 Å². The molecule has 1 atom stereocenters. The second-order valence-electron chi connectivity index (χ2n) is 5.89. The Kier molecular flexibility index (Phi) is 3.79. The SMILES string of the molecule is O=C(NC[C@@H]1COc2ccccc21)c1ccc(-n2cccc2)cc1. The van der Waals surface area contributed by atoms with Gasteiger partial charge in [0, 0.05) is 41.7 Å². The largest absolute Gasteiger partial charge is 0.493 e. The predicted octanol–water partition coefficient (Wildman–Crippen LogP) is 3.38. The van der Waals surface area contributed by atoms with Crippen LogP contribution < -0.4 is 10.1 Å². The third-order valence-electron chi connectivity index (χ3n) is 4.34. The van der Waals surface area contributed by atoms with Crippen LogP contribution in [-0.4, -0.2) is 23.6 Å². The topological polar surface area (TPSA) is 43.3 Å². The molecule has 4 rings (SSSR count). The fourth-order valence-corrected chi connectivity index (χ4v) is 3.01. The lowest BCUT2D eigenvalue weighted by Crippen LogP contribution is -2.29. The van der Waals surface area contributed by atoms with E-state index in [-0.39, 0.29) is 11.8 Å². The van der Waals surface area contributed by atoms with Crippen LogP contribution in [0.15, 0.2) is 73.1 Å². The van der Waals surface area contributed by atoms with Crippen molar-refractivity contribution in [1.29, 1.82) is 0 Å². The van der Waals surface area contributed by atoms with Crippen molar-refractivity contribution in [3.63, 3.8) is 0 Å². The maximum atomic E-state index is 12.4. The minimum Gasteiger partial charge on any atom is -0.493 e. The highest BCUT2D eigenvalue weighted by atomic mass is 16.5. The van der Waals surface area contributed by atoms with E-state index in [1.807, 2.05) is 71.6 Å². The number of hydrogen-bond donors (Lipinski definition) is 1. The van der Waals surface area contributed by atoms with Gasteiger partial charge in [0.25, 0.3) is 5.91 Å². The molecule has 4 heteroatoms. The summed E-state index contributed by atoms with van der Waals surface area (Å²) in [6, 6.07) is 19.5. The van der Waals surface area contributed by atoms with E-state index in [4.69, 9.17) is 4.74 Å². The number of hydrogen-bond acceptors (Lipinski definition) is 2. The summed E-state index contributed by atoms with van der Waals surface area (Å²) in [4.78, 5) is 12.4. The summed E-state index contributed by atoms with van der Waals surface area (Å²) >= 11 is 0. The first kappa shape index (κ1) is 14.6. The highest BCUT2D eigenvalue weighted by Gasteiger charge is 2.23. The number of para-hydroxylation sites is 1. The Bertz CT molecular complexity index is 838. The van der Waals surface area contributed by atoms with Crippen molar-refractivity contribution in [3.8, 4) is 11.4 Å². The Balaban J connectivity index is 1.40. The average molecular weight is 318 g/mol. The number of carbonyl (C=O) groups is 1. The summed E-state index contributed by atoms with van der Waals surface area (Å²) in [5, 5.41) is 3.01. The lowest BCUT2D eigenvalue weighted by molar-refractivity contribution is 0.0950. The van der Waals surface area contributed by atoms with Gasteiger partial charge in [0.2, 0.25) is 0 Å². The molecule has 0 saturated heterocycles. The van der Waals surface area contributed by atoms with E-state index in [2.05, 4.69) is 11.4 Å². The second kappa shape index (κ2) is 6.24. The molecule has 0 fully saturated rings. The Morgan fingerprint density at radius 2 is 1.79 bits per heavy atom. The smallest absolute Gasteiger partial charge is 0.251 e. The fourth-order valence-electron chi connectivity index (χ4n) is 3.01. The van der Waals surface area contributed by atoms with Crippen LogP contribution in [0.1, 0.15) is 21.8 Å². The number of nitrogens with one attached hydrogen (secondary N) is 1. The fraction of sp³-hybridized carbons (Fsp3) is 0.150. The number of benzene rings is 2. The minimum atomic E-state index is -0.0570. The zero-order valence-corrected chi connectivity index (χ0v) is 13.2. The number of amides is 1. The van der Waals surface area contributed by atoms with Gasteiger partial charge in [-0.25, -0.2) is 0 Å². The van der Waals surface area contributed by atoms with Gasteiger partial charge in [-0.1, -0.05) is 18.2 Å². The van der Waals surface area contributed by atoms with Crippen LogP contribution >= 0.6 is 0 Å². The molecule has 1 N–H and O–H groups in total.